The molecule has 0 amide bonds. The molecule has 0 bridgehead atoms. The van der Waals surface area contributed by atoms with Gasteiger partial charge in [-0.25, -0.2) is 19.6 Å². The maximum absolute atomic E-state index is 9.88. The molecule has 2 unspecified atom stereocenters. The van der Waals surface area contributed by atoms with E-state index >= 15 is 0 Å². The van der Waals surface area contributed by atoms with Crippen LogP contribution in [0.25, 0.3) is 0 Å². The van der Waals surface area contributed by atoms with Crippen molar-refractivity contribution in [1.29, 1.82) is 0 Å². The summed E-state index contributed by atoms with van der Waals surface area (Å²) in [7, 11) is 3.22. The first-order chi connectivity index (χ1) is 6.70. The van der Waals surface area contributed by atoms with Gasteiger partial charge in [-0.2, -0.15) is 0 Å². The van der Waals surface area contributed by atoms with Crippen molar-refractivity contribution in [2.24, 2.45) is 9.98 Å². The van der Waals surface area contributed by atoms with Gasteiger partial charge in [-0.15, -0.1) is 0 Å². The fourth-order valence-corrected chi connectivity index (χ4v) is 3.04. The molecular formula is C8H12N2O2S2. The van der Waals surface area contributed by atoms with E-state index in [2.05, 4.69) is 9.98 Å². The minimum Gasteiger partial charge on any atom is -0.211 e. The molecule has 0 spiro atoms. The Morgan fingerprint density at radius 1 is 1.00 bits per heavy atom. The van der Waals surface area contributed by atoms with Gasteiger partial charge < -0.3 is 0 Å². The minimum absolute atomic E-state index is 0.00474. The molecule has 0 heterocycles. The van der Waals surface area contributed by atoms with Gasteiger partial charge >= 0.3 is 0 Å². The van der Waals surface area contributed by atoms with E-state index in [1.807, 2.05) is 13.8 Å². The Bertz CT molecular complexity index is 222. The molecule has 0 radical (unpaired) electrons. The molecule has 0 saturated heterocycles. The van der Waals surface area contributed by atoms with Gasteiger partial charge in [0.2, 0.25) is 12.2 Å². The maximum Gasteiger partial charge on any atom is 0.235 e. The molecule has 0 aromatic rings. The molecule has 4 nitrogen and oxygen atoms in total. The number of nitrogens with zero attached hydrogens (tertiary/aromatic N) is 2. The van der Waals surface area contributed by atoms with Gasteiger partial charge in [-0.05, 0) is 13.8 Å². The molecule has 0 aliphatic heterocycles. The van der Waals surface area contributed by atoms with Crippen LogP contribution in [0, 0.1) is 0 Å². The number of rotatable bonds is 7. The van der Waals surface area contributed by atoms with Crippen molar-refractivity contribution in [1.82, 2.24) is 0 Å². The van der Waals surface area contributed by atoms with Crippen molar-refractivity contribution in [3.63, 3.8) is 0 Å². The zero-order valence-electron chi connectivity index (χ0n) is 8.10. The molecular weight excluding hydrogens is 220 g/mol. The van der Waals surface area contributed by atoms with E-state index in [1.165, 1.54) is 12.2 Å². The van der Waals surface area contributed by atoms with E-state index in [9.17, 15) is 9.59 Å². The largest absolute Gasteiger partial charge is 0.235 e. The van der Waals surface area contributed by atoms with Crippen molar-refractivity contribution < 1.29 is 9.59 Å². The monoisotopic (exact) mass is 232 g/mol. The quantitative estimate of drug-likeness (QED) is 0.291. The second-order valence-corrected chi connectivity index (χ2v) is 5.26. The van der Waals surface area contributed by atoms with E-state index in [0.29, 0.717) is 0 Å². The lowest BCUT2D eigenvalue weighted by molar-refractivity contribution is 0.559. The first-order valence-electron chi connectivity index (χ1n) is 4.09. The zero-order valence-corrected chi connectivity index (χ0v) is 9.73. The second kappa shape index (κ2) is 9.03. The molecule has 0 aromatic heterocycles. The first-order valence-corrected chi connectivity index (χ1v) is 6.58. The summed E-state index contributed by atoms with van der Waals surface area (Å²) in [4.78, 5) is 26.9. The van der Waals surface area contributed by atoms with Crippen LogP contribution < -0.4 is 0 Å². The normalized spacial score (nSPS) is 13.6. The fraction of sp³-hybridized carbons (Fsp3) is 0.750. The van der Waals surface area contributed by atoms with Gasteiger partial charge in [-0.3, -0.25) is 0 Å². The Morgan fingerprint density at radius 3 is 1.64 bits per heavy atom. The first kappa shape index (κ1) is 13.5. The Labute approximate surface area is 91.1 Å². The van der Waals surface area contributed by atoms with Crippen LogP contribution in [-0.2, 0) is 9.59 Å². The molecule has 0 aliphatic rings. The molecule has 0 saturated carbocycles. The highest BCUT2D eigenvalue weighted by molar-refractivity contribution is 8.76. The molecule has 78 valence electrons. The fourth-order valence-electron chi connectivity index (χ4n) is 0.548. The number of carbonyl (C=O) groups excluding carboxylic acids is 2. The minimum atomic E-state index is -0.00474. The average molecular weight is 232 g/mol. The second-order valence-electron chi connectivity index (χ2n) is 2.71. The van der Waals surface area contributed by atoms with Gasteiger partial charge in [0.05, 0.1) is 12.1 Å². The molecule has 0 rings (SSSR count). The molecule has 2 atom stereocenters. The van der Waals surface area contributed by atoms with Crippen molar-refractivity contribution >= 4 is 33.7 Å². The lowest BCUT2D eigenvalue weighted by atomic mass is 10.4. The van der Waals surface area contributed by atoms with Crippen molar-refractivity contribution in [3.05, 3.63) is 0 Å². The highest BCUT2D eigenvalue weighted by atomic mass is 33.1. The van der Waals surface area contributed by atoms with Crippen LogP contribution in [0.2, 0.25) is 0 Å². The lowest BCUT2D eigenvalue weighted by Gasteiger charge is -2.04. The van der Waals surface area contributed by atoms with Crippen LogP contribution in [0.5, 0.6) is 0 Å². The summed E-state index contributed by atoms with van der Waals surface area (Å²) >= 11 is 0. The standard InChI is InChI=1S/C8H12N2O2S2/c1-7(9-5-11)3-13-14-4-8(2)10-6-12/h7-8H,3-4H2,1-2H3. The molecule has 0 N–H and O–H groups in total. The topological polar surface area (TPSA) is 58.9 Å². The van der Waals surface area contributed by atoms with Gasteiger partial charge in [0.25, 0.3) is 0 Å². The van der Waals surface area contributed by atoms with Crippen LogP contribution in [0.1, 0.15) is 13.8 Å². The van der Waals surface area contributed by atoms with Crippen LogP contribution in [0.3, 0.4) is 0 Å². The van der Waals surface area contributed by atoms with Crippen LogP contribution in [0.4, 0.5) is 0 Å². The van der Waals surface area contributed by atoms with E-state index in [1.54, 1.807) is 21.6 Å². The number of hydrogen-bond acceptors (Lipinski definition) is 6. The third-order valence-electron chi connectivity index (χ3n) is 1.25. The smallest absolute Gasteiger partial charge is 0.211 e. The van der Waals surface area contributed by atoms with E-state index in [4.69, 9.17) is 0 Å². The summed E-state index contributed by atoms with van der Waals surface area (Å²) in [5.41, 5.74) is 0. The Balaban J connectivity index is 3.46. The SMILES string of the molecule is CC(CSSCC(C)N=C=O)N=C=O. The average Bonchev–Trinajstić information content (AvgIpc) is 2.13. The molecule has 14 heavy (non-hydrogen) atoms. The van der Waals surface area contributed by atoms with Crippen LogP contribution in [0.15, 0.2) is 9.98 Å². The summed E-state index contributed by atoms with van der Waals surface area (Å²) in [5, 5.41) is 0. The van der Waals surface area contributed by atoms with Crippen molar-refractivity contribution in [2.45, 2.75) is 25.9 Å². The van der Waals surface area contributed by atoms with Crippen molar-refractivity contribution in [2.75, 3.05) is 11.5 Å². The lowest BCUT2D eigenvalue weighted by Crippen LogP contribution is -2.02. The summed E-state index contributed by atoms with van der Waals surface area (Å²) in [6.45, 7) is 3.71. The Morgan fingerprint density at radius 2 is 1.36 bits per heavy atom. The molecule has 0 fully saturated rings. The highest BCUT2D eigenvalue weighted by Gasteiger charge is 2.02. The summed E-state index contributed by atoms with van der Waals surface area (Å²) in [6.07, 6.45) is 3.04. The van der Waals surface area contributed by atoms with Gasteiger partial charge in [0.1, 0.15) is 0 Å². The highest BCUT2D eigenvalue weighted by Crippen LogP contribution is 2.23. The third-order valence-corrected chi connectivity index (χ3v) is 3.97. The summed E-state index contributed by atoms with van der Waals surface area (Å²) < 4.78 is 0. The van der Waals surface area contributed by atoms with Crippen LogP contribution >= 0.6 is 21.6 Å². The van der Waals surface area contributed by atoms with Gasteiger partial charge in [-0.1, -0.05) is 21.6 Å². The number of hydrogen-bond donors (Lipinski definition) is 0. The summed E-state index contributed by atoms with van der Waals surface area (Å²) in [6, 6.07) is -0.00948. The molecule has 6 heteroatoms. The van der Waals surface area contributed by atoms with Crippen LogP contribution in [-0.4, -0.2) is 35.7 Å². The van der Waals surface area contributed by atoms with Gasteiger partial charge in [0.15, 0.2) is 0 Å². The van der Waals surface area contributed by atoms with E-state index < -0.39 is 0 Å². The van der Waals surface area contributed by atoms with Gasteiger partial charge in [0, 0.05) is 11.5 Å². The van der Waals surface area contributed by atoms with E-state index in [-0.39, 0.29) is 12.1 Å². The van der Waals surface area contributed by atoms with E-state index in [0.717, 1.165) is 11.5 Å². The summed E-state index contributed by atoms with van der Waals surface area (Å²) in [5.74, 6) is 1.52. The maximum atomic E-state index is 9.88. The number of isocyanates is 2. The molecule has 0 aromatic carbocycles. The molecule has 0 aliphatic carbocycles. The van der Waals surface area contributed by atoms with Crippen molar-refractivity contribution in [3.8, 4) is 0 Å². The predicted molar refractivity (Wildman–Crippen MR) is 60.1 cm³/mol. The Hall–Kier alpha value is -0.540. The third kappa shape index (κ3) is 8.08. The Kier molecular flexibility index (Phi) is 8.68. The number of aliphatic imine (C=N–C) groups is 2. The predicted octanol–water partition coefficient (Wildman–Crippen LogP) is 1.82. The zero-order chi connectivity index (χ0) is 10.8.